The highest BCUT2D eigenvalue weighted by molar-refractivity contribution is 6.33. The van der Waals surface area contributed by atoms with Gasteiger partial charge in [-0.15, -0.1) is 0 Å². The summed E-state index contributed by atoms with van der Waals surface area (Å²) in [5.74, 6) is -1.43. The molecule has 12 heteroatoms. The molecular weight excluding hydrogens is 518 g/mol. The Morgan fingerprint density at radius 1 is 1.29 bits per heavy atom. The maximum absolute atomic E-state index is 14.9. The van der Waals surface area contributed by atoms with Crippen molar-refractivity contribution in [3.05, 3.63) is 40.2 Å². The lowest BCUT2D eigenvalue weighted by atomic mass is 10.00. The van der Waals surface area contributed by atoms with Crippen LogP contribution in [-0.2, 0) is 0 Å². The molecule has 2 atom stereocenters. The quantitative estimate of drug-likeness (QED) is 0.363. The smallest absolute Gasteiger partial charge is 0.280 e. The summed E-state index contributed by atoms with van der Waals surface area (Å²) in [6.07, 6.45) is -0.449. The number of anilines is 1. The summed E-state index contributed by atoms with van der Waals surface area (Å²) in [6.45, 7) is 5.98. The lowest BCUT2D eigenvalue weighted by Crippen LogP contribution is -2.53. The Hall–Kier alpha value is -2.86. The number of aliphatic hydroxyl groups excluding tert-OH is 1. The standard InChI is InChI=1S/C26H33ClF2N6O3/c1-14-23(22-15(2)34-38-16(22)3)32-25(33-24(14)31-21-8-9-35(5)13-26(21,28)29)19-10-18(6-7-20(19)27)37-12-17(36)11-30-4/h6-7,10,17,21,30,36H,8-9,11-13H2,1-5H3,(H,31,32,33). The molecule has 4 rings (SSSR count). The molecule has 3 heterocycles. The van der Waals surface area contributed by atoms with E-state index in [-0.39, 0.29) is 31.2 Å². The second kappa shape index (κ2) is 11.5. The lowest BCUT2D eigenvalue weighted by molar-refractivity contribution is -0.0674. The number of likely N-dealkylation sites (N-methyl/N-ethyl adjacent to an activating group) is 1. The summed E-state index contributed by atoms with van der Waals surface area (Å²) in [5.41, 5.74) is 2.85. The van der Waals surface area contributed by atoms with Crippen molar-refractivity contribution >= 4 is 17.4 Å². The van der Waals surface area contributed by atoms with Crippen LogP contribution in [0.25, 0.3) is 22.6 Å². The summed E-state index contributed by atoms with van der Waals surface area (Å²) in [6, 6.07) is 3.90. The molecule has 1 aliphatic rings. The number of aliphatic hydroxyl groups is 1. The molecule has 3 N–H and O–H groups in total. The van der Waals surface area contributed by atoms with Crippen molar-refractivity contribution < 1.29 is 23.1 Å². The zero-order valence-corrected chi connectivity index (χ0v) is 22.9. The van der Waals surface area contributed by atoms with E-state index in [1.807, 2.05) is 0 Å². The van der Waals surface area contributed by atoms with Crippen LogP contribution >= 0.6 is 11.6 Å². The van der Waals surface area contributed by atoms with E-state index in [1.54, 1.807) is 58.0 Å². The Balaban J connectivity index is 1.78. The van der Waals surface area contributed by atoms with Crippen LogP contribution in [0.1, 0.15) is 23.4 Å². The van der Waals surface area contributed by atoms with Gasteiger partial charge in [0.15, 0.2) is 5.82 Å². The molecule has 2 aromatic heterocycles. The highest BCUT2D eigenvalue weighted by Crippen LogP contribution is 2.37. The fourth-order valence-corrected chi connectivity index (χ4v) is 4.75. The van der Waals surface area contributed by atoms with Gasteiger partial charge in [0.05, 0.1) is 34.6 Å². The zero-order valence-electron chi connectivity index (χ0n) is 22.1. The van der Waals surface area contributed by atoms with Crippen LogP contribution < -0.4 is 15.4 Å². The molecule has 0 bridgehead atoms. The number of nitrogens with one attached hydrogen (secondary N) is 2. The topological polar surface area (TPSA) is 109 Å². The number of aromatic nitrogens is 3. The third-order valence-corrected chi connectivity index (χ3v) is 6.91. The lowest BCUT2D eigenvalue weighted by Gasteiger charge is -2.37. The highest BCUT2D eigenvalue weighted by atomic mass is 35.5. The molecule has 206 valence electrons. The van der Waals surface area contributed by atoms with Crippen LogP contribution in [0.4, 0.5) is 14.6 Å². The summed E-state index contributed by atoms with van der Waals surface area (Å²) >= 11 is 6.56. The minimum Gasteiger partial charge on any atom is -0.491 e. The first-order valence-electron chi connectivity index (χ1n) is 12.4. The Morgan fingerprint density at radius 3 is 2.71 bits per heavy atom. The zero-order chi connectivity index (χ0) is 27.6. The Morgan fingerprint density at radius 2 is 2.05 bits per heavy atom. The number of rotatable bonds is 9. The van der Waals surface area contributed by atoms with Gasteiger partial charge in [0.2, 0.25) is 0 Å². The third-order valence-electron chi connectivity index (χ3n) is 6.58. The average Bonchev–Trinajstić information content (AvgIpc) is 3.19. The number of hydrogen-bond acceptors (Lipinski definition) is 9. The van der Waals surface area contributed by atoms with E-state index in [4.69, 9.17) is 25.8 Å². The third kappa shape index (κ3) is 6.06. The molecule has 1 fully saturated rings. The van der Waals surface area contributed by atoms with Gasteiger partial charge in [0, 0.05) is 24.2 Å². The van der Waals surface area contributed by atoms with E-state index in [2.05, 4.69) is 20.8 Å². The molecule has 0 radical (unpaired) electrons. The van der Waals surface area contributed by atoms with Crippen molar-refractivity contribution in [1.29, 1.82) is 0 Å². The number of halogens is 3. The number of ether oxygens (including phenoxy) is 1. The Kier molecular flexibility index (Phi) is 8.51. The van der Waals surface area contributed by atoms with Crippen molar-refractivity contribution in [2.24, 2.45) is 0 Å². The van der Waals surface area contributed by atoms with Gasteiger partial charge in [-0.1, -0.05) is 16.8 Å². The first-order chi connectivity index (χ1) is 18.0. The molecule has 0 aliphatic carbocycles. The Labute approximate surface area is 225 Å². The maximum Gasteiger partial charge on any atom is 0.280 e. The highest BCUT2D eigenvalue weighted by Gasteiger charge is 2.44. The maximum atomic E-state index is 14.9. The molecule has 1 saturated heterocycles. The van der Waals surface area contributed by atoms with Crippen LogP contribution in [-0.4, -0.2) is 83.5 Å². The van der Waals surface area contributed by atoms with Crippen LogP contribution in [0, 0.1) is 20.8 Å². The van der Waals surface area contributed by atoms with Crippen molar-refractivity contribution in [3.8, 4) is 28.4 Å². The number of piperidine rings is 1. The van der Waals surface area contributed by atoms with E-state index in [0.717, 1.165) is 0 Å². The molecule has 38 heavy (non-hydrogen) atoms. The number of hydrogen-bond donors (Lipinski definition) is 3. The van der Waals surface area contributed by atoms with Gasteiger partial charge in [-0.25, -0.2) is 18.7 Å². The number of nitrogens with zero attached hydrogens (tertiary/aromatic N) is 4. The van der Waals surface area contributed by atoms with Crippen molar-refractivity contribution in [2.75, 3.05) is 45.7 Å². The predicted molar refractivity (Wildman–Crippen MR) is 142 cm³/mol. The van der Waals surface area contributed by atoms with Gasteiger partial charge < -0.3 is 29.9 Å². The van der Waals surface area contributed by atoms with Gasteiger partial charge >= 0.3 is 0 Å². The van der Waals surface area contributed by atoms with Gasteiger partial charge in [-0.3, -0.25) is 0 Å². The number of benzene rings is 1. The molecule has 3 aromatic rings. The summed E-state index contributed by atoms with van der Waals surface area (Å²) in [4.78, 5) is 11.1. The molecule has 0 amide bonds. The molecule has 0 saturated carbocycles. The molecule has 2 unspecified atom stereocenters. The van der Waals surface area contributed by atoms with Crippen LogP contribution in [0.3, 0.4) is 0 Å². The second-order valence-electron chi connectivity index (χ2n) is 9.72. The largest absolute Gasteiger partial charge is 0.491 e. The summed E-state index contributed by atoms with van der Waals surface area (Å²) in [7, 11) is 3.42. The normalized spacial score (nSPS) is 18.4. The SMILES string of the molecule is CNCC(O)COc1ccc(Cl)c(-c2nc(NC3CCN(C)CC3(F)F)c(C)c(-c3c(C)noc3C)n2)c1. The second-order valence-corrected chi connectivity index (χ2v) is 10.1. The van der Waals surface area contributed by atoms with Crippen LogP contribution in [0.2, 0.25) is 5.02 Å². The minimum atomic E-state index is -2.95. The van der Waals surface area contributed by atoms with Gasteiger partial charge in [0.1, 0.15) is 30.0 Å². The van der Waals surface area contributed by atoms with E-state index in [0.29, 0.717) is 57.7 Å². The molecule has 1 aliphatic heterocycles. The molecule has 0 spiro atoms. The van der Waals surface area contributed by atoms with Gasteiger partial charge in [0.25, 0.3) is 5.92 Å². The van der Waals surface area contributed by atoms with Crippen LogP contribution in [0.15, 0.2) is 22.7 Å². The van der Waals surface area contributed by atoms with Crippen molar-refractivity contribution in [2.45, 2.75) is 45.3 Å². The first-order valence-corrected chi connectivity index (χ1v) is 12.8. The summed E-state index contributed by atoms with van der Waals surface area (Å²) < 4.78 is 41.0. The van der Waals surface area contributed by atoms with E-state index >= 15 is 0 Å². The van der Waals surface area contributed by atoms with Crippen molar-refractivity contribution in [3.63, 3.8) is 0 Å². The fraction of sp³-hybridized carbons (Fsp3) is 0.500. The fourth-order valence-electron chi connectivity index (χ4n) is 4.55. The van der Waals surface area contributed by atoms with Gasteiger partial charge in [-0.2, -0.15) is 0 Å². The van der Waals surface area contributed by atoms with Crippen molar-refractivity contribution in [1.82, 2.24) is 25.3 Å². The van der Waals surface area contributed by atoms with E-state index < -0.39 is 18.1 Å². The molecule has 9 nitrogen and oxygen atoms in total. The number of alkyl halides is 2. The molecular formula is C26H33ClF2N6O3. The molecule has 1 aromatic carbocycles. The number of likely N-dealkylation sites (tertiary alicyclic amines) is 1. The first kappa shape index (κ1) is 28.2. The number of aryl methyl sites for hydroxylation is 2. The monoisotopic (exact) mass is 550 g/mol. The predicted octanol–water partition coefficient (Wildman–Crippen LogP) is 4.09. The van der Waals surface area contributed by atoms with Gasteiger partial charge in [-0.05, 0) is 59.5 Å². The Bertz CT molecular complexity index is 1270. The summed E-state index contributed by atoms with van der Waals surface area (Å²) in [5, 5.41) is 20.3. The minimum absolute atomic E-state index is 0.0685. The average molecular weight is 551 g/mol. The van der Waals surface area contributed by atoms with E-state index in [9.17, 15) is 13.9 Å². The van der Waals surface area contributed by atoms with Crippen LogP contribution in [0.5, 0.6) is 5.75 Å². The van der Waals surface area contributed by atoms with E-state index in [1.165, 1.54) is 0 Å².